The molecule has 1 aromatic heterocycles. The van der Waals surface area contributed by atoms with Crippen LogP contribution in [0, 0.1) is 19.8 Å². The van der Waals surface area contributed by atoms with Crippen LogP contribution in [0.4, 0.5) is 0 Å². The molecule has 31 heavy (non-hydrogen) atoms. The summed E-state index contributed by atoms with van der Waals surface area (Å²) < 4.78 is 7.35. The van der Waals surface area contributed by atoms with Crippen LogP contribution >= 0.6 is 0 Å². The number of hydrogen-bond acceptors (Lipinski definition) is 5. The van der Waals surface area contributed by atoms with Gasteiger partial charge in [-0.05, 0) is 52.4 Å². The van der Waals surface area contributed by atoms with E-state index in [4.69, 9.17) is 4.74 Å². The van der Waals surface area contributed by atoms with Crippen molar-refractivity contribution in [1.29, 1.82) is 0 Å². The number of carbonyl (C=O) groups excluding carboxylic acids is 2. The minimum absolute atomic E-state index is 0.0517. The van der Waals surface area contributed by atoms with Gasteiger partial charge < -0.3 is 15.0 Å². The van der Waals surface area contributed by atoms with Gasteiger partial charge in [-0.15, -0.1) is 0 Å². The molecule has 1 saturated carbocycles. The van der Waals surface area contributed by atoms with Crippen molar-refractivity contribution in [3.05, 3.63) is 17.0 Å². The van der Waals surface area contributed by atoms with E-state index in [1.54, 1.807) is 4.68 Å². The molecule has 172 valence electrons. The first kappa shape index (κ1) is 22.3. The van der Waals surface area contributed by atoms with E-state index < -0.39 is 0 Å². The fraction of sp³-hybridized carbons (Fsp3) is 0.783. The molecule has 1 unspecified atom stereocenters. The third kappa shape index (κ3) is 5.12. The number of aryl methyl sites for hydroxylation is 2. The zero-order valence-corrected chi connectivity index (χ0v) is 19.2. The van der Waals surface area contributed by atoms with Crippen LogP contribution in [-0.4, -0.2) is 82.9 Å². The molecule has 0 aromatic carbocycles. The summed E-state index contributed by atoms with van der Waals surface area (Å²) in [5.41, 5.74) is 2.33. The van der Waals surface area contributed by atoms with E-state index in [2.05, 4.69) is 20.2 Å². The highest BCUT2D eigenvalue weighted by Crippen LogP contribution is 2.32. The van der Waals surface area contributed by atoms with Crippen LogP contribution in [-0.2, 0) is 16.6 Å². The number of hydrogen-bond donors (Lipinski definition) is 1. The standard InChI is InChI=1S/C23H37N5O3/c1-16-21(17(2)26(3)25-16)22(29)24-10-12-28(19-8-13-31-14-9-19)20-5-4-11-27(15-20)23(30)18-6-7-18/h18-20H,4-15H2,1-3H3,(H,24,29). The summed E-state index contributed by atoms with van der Waals surface area (Å²) in [7, 11) is 1.86. The van der Waals surface area contributed by atoms with Gasteiger partial charge in [-0.2, -0.15) is 5.10 Å². The molecular formula is C23H37N5O3. The number of piperidine rings is 1. The first-order chi connectivity index (χ1) is 15.0. The van der Waals surface area contributed by atoms with Crippen LogP contribution in [0.3, 0.4) is 0 Å². The minimum atomic E-state index is -0.0517. The predicted octanol–water partition coefficient (Wildman–Crippen LogP) is 1.65. The molecule has 3 aliphatic rings. The van der Waals surface area contributed by atoms with Crippen molar-refractivity contribution in [2.24, 2.45) is 13.0 Å². The zero-order chi connectivity index (χ0) is 22.0. The Morgan fingerprint density at radius 2 is 1.87 bits per heavy atom. The number of amides is 2. The lowest BCUT2D eigenvalue weighted by Crippen LogP contribution is -2.55. The van der Waals surface area contributed by atoms with Gasteiger partial charge in [0.1, 0.15) is 0 Å². The first-order valence-corrected chi connectivity index (χ1v) is 11.9. The van der Waals surface area contributed by atoms with Crippen LogP contribution in [0.1, 0.15) is 60.3 Å². The smallest absolute Gasteiger partial charge is 0.255 e. The lowest BCUT2D eigenvalue weighted by atomic mass is 9.98. The highest BCUT2D eigenvalue weighted by molar-refractivity contribution is 5.96. The molecule has 0 spiro atoms. The fourth-order valence-electron chi connectivity index (χ4n) is 5.18. The summed E-state index contributed by atoms with van der Waals surface area (Å²) in [6.45, 7) is 8.49. The van der Waals surface area contributed by atoms with Crippen molar-refractivity contribution in [2.45, 2.75) is 64.5 Å². The van der Waals surface area contributed by atoms with Gasteiger partial charge in [0.15, 0.2) is 0 Å². The summed E-state index contributed by atoms with van der Waals surface area (Å²) in [5, 5.41) is 7.48. The molecule has 2 aliphatic heterocycles. The second-order valence-corrected chi connectivity index (χ2v) is 9.36. The Morgan fingerprint density at radius 3 is 2.52 bits per heavy atom. The molecule has 1 aromatic rings. The normalized spacial score (nSPS) is 22.7. The molecule has 3 heterocycles. The number of carbonyl (C=O) groups is 2. The minimum Gasteiger partial charge on any atom is -0.381 e. The summed E-state index contributed by atoms with van der Waals surface area (Å²) in [6, 6.07) is 0.812. The Bertz CT molecular complexity index is 797. The van der Waals surface area contributed by atoms with Crippen molar-refractivity contribution < 1.29 is 14.3 Å². The Labute approximate surface area is 185 Å². The first-order valence-electron chi connectivity index (χ1n) is 11.9. The largest absolute Gasteiger partial charge is 0.381 e. The maximum Gasteiger partial charge on any atom is 0.255 e. The maximum absolute atomic E-state index is 12.8. The Morgan fingerprint density at radius 1 is 1.13 bits per heavy atom. The molecule has 4 rings (SSSR count). The number of ether oxygens (including phenoxy) is 1. The van der Waals surface area contributed by atoms with E-state index in [1.165, 1.54) is 0 Å². The van der Waals surface area contributed by atoms with E-state index >= 15 is 0 Å². The number of nitrogens with one attached hydrogen (secondary N) is 1. The van der Waals surface area contributed by atoms with Gasteiger partial charge >= 0.3 is 0 Å². The molecule has 8 nitrogen and oxygen atoms in total. The van der Waals surface area contributed by atoms with Gasteiger partial charge in [0.25, 0.3) is 5.91 Å². The van der Waals surface area contributed by atoms with E-state index in [1.807, 2.05) is 20.9 Å². The molecule has 2 saturated heterocycles. The van der Waals surface area contributed by atoms with Crippen molar-refractivity contribution in [3.8, 4) is 0 Å². The SMILES string of the molecule is Cc1nn(C)c(C)c1C(=O)NCCN(C1CCOCC1)C1CCCN(C(=O)C2CC2)C1. The molecule has 2 amide bonds. The van der Waals surface area contributed by atoms with Crippen molar-refractivity contribution in [3.63, 3.8) is 0 Å². The van der Waals surface area contributed by atoms with Crippen molar-refractivity contribution in [2.75, 3.05) is 39.4 Å². The van der Waals surface area contributed by atoms with E-state index in [0.29, 0.717) is 30.1 Å². The quantitative estimate of drug-likeness (QED) is 0.710. The maximum atomic E-state index is 12.8. The van der Waals surface area contributed by atoms with E-state index in [0.717, 1.165) is 82.8 Å². The third-order valence-corrected chi connectivity index (χ3v) is 7.16. The van der Waals surface area contributed by atoms with Gasteiger partial charge in [0.05, 0.1) is 11.3 Å². The fourth-order valence-corrected chi connectivity index (χ4v) is 5.18. The average Bonchev–Trinajstić information content (AvgIpc) is 3.58. The number of likely N-dealkylation sites (tertiary alicyclic amines) is 1. The number of rotatable bonds is 7. The van der Waals surface area contributed by atoms with Gasteiger partial charge in [0.2, 0.25) is 5.91 Å². The summed E-state index contributed by atoms with van der Waals surface area (Å²) >= 11 is 0. The molecule has 0 bridgehead atoms. The molecule has 8 heteroatoms. The van der Waals surface area contributed by atoms with Gasteiger partial charge in [-0.25, -0.2) is 0 Å². The van der Waals surface area contributed by atoms with Crippen molar-refractivity contribution >= 4 is 11.8 Å². The molecular weight excluding hydrogens is 394 g/mol. The van der Waals surface area contributed by atoms with Crippen LogP contribution in [0.5, 0.6) is 0 Å². The van der Waals surface area contributed by atoms with Gasteiger partial charge in [-0.3, -0.25) is 19.2 Å². The second kappa shape index (κ2) is 9.69. The molecule has 1 N–H and O–H groups in total. The average molecular weight is 432 g/mol. The van der Waals surface area contributed by atoms with Crippen molar-refractivity contribution in [1.82, 2.24) is 24.9 Å². The summed E-state index contributed by atoms with van der Waals surface area (Å²) in [5.74, 6) is 0.581. The monoisotopic (exact) mass is 431 g/mol. The Kier molecular flexibility index (Phi) is 6.96. The molecule has 1 atom stereocenters. The van der Waals surface area contributed by atoms with Crippen LogP contribution in [0.25, 0.3) is 0 Å². The van der Waals surface area contributed by atoms with Crippen LogP contribution < -0.4 is 5.32 Å². The zero-order valence-electron chi connectivity index (χ0n) is 19.2. The second-order valence-electron chi connectivity index (χ2n) is 9.36. The Hall–Kier alpha value is -1.93. The summed E-state index contributed by atoms with van der Waals surface area (Å²) in [4.78, 5) is 30.1. The van der Waals surface area contributed by atoms with Crippen LogP contribution in [0.2, 0.25) is 0 Å². The summed E-state index contributed by atoms with van der Waals surface area (Å²) in [6.07, 6.45) is 6.32. The van der Waals surface area contributed by atoms with Crippen LogP contribution in [0.15, 0.2) is 0 Å². The third-order valence-electron chi connectivity index (χ3n) is 7.16. The highest BCUT2D eigenvalue weighted by atomic mass is 16.5. The lowest BCUT2D eigenvalue weighted by molar-refractivity contribution is -0.135. The topological polar surface area (TPSA) is 79.7 Å². The highest BCUT2D eigenvalue weighted by Gasteiger charge is 2.37. The molecule has 0 radical (unpaired) electrons. The lowest BCUT2D eigenvalue weighted by Gasteiger charge is -2.44. The molecule has 3 fully saturated rings. The Balaban J connectivity index is 1.39. The number of aromatic nitrogens is 2. The van der Waals surface area contributed by atoms with E-state index in [9.17, 15) is 9.59 Å². The predicted molar refractivity (Wildman–Crippen MR) is 118 cm³/mol. The van der Waals surface area contributed by atoms with Gasteiger partial charge in [-0.1, -0.05) is 0 Å². The van der Waals surface area contributed by atoms with E-state index in [-0.39, 0.29) is 11.8 Å². The number of nitrogens with zero attached hydrogens (tertiary/aromatic N) is 4. The molecule has 1 aliphatic carbocycles. The van der Waals surface area contributed by atoms with Gasteiger partial charge in [0, 0.05) is 70.1 Å².